The minimum absolute atomic E-state index is 0.323. The number of aliphatic hydroxyl groups excluding tert-OH is 1. The van der Waals surface area contributed by atoms with Gasteiger partial charge in [-0.3, -0.25) is 9.59 Å². The number of amides is 1. The Labute approximate surface area is 175 Å². The molecule has 1 fully saturated rings. The molecule has 2 N–H and O–H groups in total. The smallest absolute Gasteiger partial charge is 0.292 e. The van der Waals surface area contributed by atoms with Gasteiger partial charge in [0.2, 0.25) is 5.78 Å². The number of nitrogens with zero attached hydrogens (tertiary/aromatic N) is 1. The van der Waals surface area contributed by atoms with Gasteiger partial charge in [0, 0.05) is 12.1 Å². The Morgan fingerprint density at radius 2 is 1.70 bits per heavy atom. The molecule has 0 bridgehead atoms. The third-order valence-electron chi connectivity index (χ3n) is 5.50. The molecule has 30 heavy (non-hydrogen) atoms. The molecule has 7 nitrogen and oxygen atoms in total. The Hall–Kier alpha value is -2.90. The first kappa shape index (κ1) is 20.4. The molecule has 0 spiro atoms. The van der Waals surface area contributed by atoms with Gasteiger partial charge in [-0.1, -0.05) is 36.4 Å². The fourth-order valence-corrected chi connectivity index (χ4v) is 3.90. The lowest BCUT2D eigenvalue weighted by Gasteiger charge is -2.29. The number of hydrogen-bond acceptors (Lipinski definition) is 6. The maximum atomic E-state index is 12.7. The number of carbonyl (C=O) groups excluding carboxylic acids is 2. The fraction of sp³-hybridized carbons (Fsp3) is 0.391. The molecule has 2 aromatic carbocycles. The van der Waals surface area contributed by atoms with Crippen LogP contribution in [0.15, 0.2) is 48.5 Å². The monoisotopic (exact) mass is 410 g/mol. The van der Waals surface area contributed by atoms with Crippen molar-refractivity contribution in [1.29, 1.82) is 0 Å². The summed E-state index contributed by atoms with van der Waals surface area (Å²) in [6.07, 6.45) is 1.18. The first-order valence-electron chi connectivity index (χ1n) is 10.3. The van der Waals surface area contributed by atoms with Crippen LogP contribution in [0.2, 0.25) is 0 Å². The molecule has 0 aromatic heterocycles. The van der Waals surface area contributed by atoms with Crippen LogP contribution in [0.4, 0.5) is 0 Å². The van der Waals surface area contributed by atoms with Crippen LogP contribution in [0.1, 0.15) is 34.9 Å². The minimum Gasteiger partial charge on any atom is -0.486 e. The van der Waals surface area contributed by atoms with Gasteiger partial charge in [-0.2, -0.15) is 0 Å². The summed E-state index contributed by atoms with van der Waals surface area (Å²) in [6.45, 7) is 3.22. The number of rotatable bonds is 7. The van der Waals surface area contributed by atoms with Crippen LogP contribution in [0, 0.1) is 0 Å². The highest BCUT2D eigenvalue weighted by Gasteiger charge is 2.29. The molecule has 2 aromatic rings. The van der Waals surface area contributed by atoms with Gasteiger partial charge in [-0.15, -0.1) is 0 Å². The Balaban J connectivity index is 1.53. The number of nitrogens with one attached hydrogen (secondary N) is 1. The first-order chi connectivity index (χ1) is 14.6. The molecular weight excluding hydrogens is 384 g/mol. The van der Waals surface area contributed by atoms with Gasteiger partial charge in [0.15, 0.2) is 11.5 Å². The highest BCUT2D eigenvalue weighted by Crippen LogP contribution is 2.33. The van der Waals surface area contributed by atoms with Gasteiger partial charge < -0.3 is 24.8 Å². The highest BCUT2D eigenvalue weighted by molar-refractivity contribution is 6.42. The van der Waals surface area contributed by atoms with Crippen molar-refractivity contribution < 1.29 is 24.2 Å². The van der Waals surface area contributed by atoms with E-state index in [1.54, 1.807) is 48.5 Å². The summed E-state index contributed by atoms with van der Waals surface area (Å²) in [6, 6.07) is 13.1. The molecule has 7 heteroatoms. The van der Waals surface area contributed by atoms with Crippen LogP contribution in [-0.2, 0) is 4.79 Å². The summed E-state index contributed by atoms with van der Waals surface area (Å²) >= 11 is 0. The van der Waals surface area contributed by atoms with E-state index >= 15 is 0 Å². The van der Waals surface area contributed by atoms with Crippen LogP contribution in [0.5, 0.6) is 11.5 Å². The van der Waals surface area contributed by atoms with Crippen molar-refractivity contribution >= 4 is 11.7 Å². The van der Waals surface area contributed by atoms with Crippen molar-refractivity contribution in [2.45, 2.75) is 25.0 Å². The summed E-state index contributed by atoms with van der Waals surface area (Å²) in [7, 11) is 0. The number of hydrogen-bond donors (Lipinski definition) is 2. The van der Waals surface area contributed by atoms with Crippen LogP contribution < -0.4 is 14.8 Å². The quantitative estimate of drug-likeness (QED) is 0.536. The zero-order valence-corrected chi connectivity index (χ0v) is 16.8. The summed E-state index contributed by atoms with van der Waals surface area (Å²) in [4.78, 5) is 27.4. The molecule has 4 rings (SSSR count). The number of ketones is 1. The second kappa shape index (κ2) is 9.28. The standard InChI is InChI=1S/C23H26N2O5/c26-21(17-8-9-19-20(14-17)30-13-12-29-19)18(15-25-10-4-5-11-25)24-23(28)22(27)16-6-2-1-3-7-16/h1-3,6-9,14,18,21,26H,4-5,10-13,15H2,(H,24,28)/t18?,21-/m1/s1. The van der Waals surface area contributed by atoms with E-state index < -0.39 is 23.8 Å². The molecule has 1 saturated heterocycles. The van der Waals surface area contributed by atoms with Crippen molar-refractivity contribution in [3.63, 3.8) is 0 Å². The Kier molecular flexibility index (Phi) is 6.30. The topological polar surface area (TPSA) is 88.1 Å². The first-order valence-corrected chi connectivity index (χ1v) is 10.3. The van der Waals surface area contributed by atoms with Crippen molar-refractivity contribution in [2.75, 3.05) is 32.8 Å². The lowest BCUT2D eigenvalue weighted by atomic mass is 10.00. The minimum atomic E-state index is -0.992. The van der Waals surface area contributed by atoms with E-state index in [1.165, 1.54) is 0 Å². The fourth-order valence-electron chi connectivity index (χ4n) is 3.90. The third kappa shape index (κ3) is 4.63. The molecule has 158 valence electrons. The highest BCUT2D eigenvalue weighted by atomic mass is 16.6. The van der Waals surface area contributed by atoms with Crippen molar-refractivity contribution in [2.24, 2.45) is 0 Å². The van der Waals surface area contributed by atoms with E-state index in [-0.39, 0.29) is 0 Å². The molecule has 2 heterocycles. The number of likely N-dealkylation sites (tertiary alicyclic amines) is 1. The van der Waals surface area contributed by atoms with Gasteiger partial charge in [-0.05, 0) is 43.6 Å². The van der Waals surface area contributed by atoms with Crippen molar-refractivity contribution in [3.8, 4) is 11.5 Å². The maximum absolute atomic E-state index is 12.7. The van der Waals surface area contributed by atoms with E-state index in [9.17, 15) is 14.7 Å². The number of fused-ring (bicyclic) bond motifs is 1. The Morgan fingerprint density at radius 1 is 1.00 bits per heavy atom. The van der Waals surface area contributed by atoms with Crippen molar-refractivity contribution in [3.05, 3.63) is 59.7 Å². The average Bonchev–Trinajstić information content (AvgIpc) is 3.31. The van der Waals surface area contributed by atoms with Gasteiger partial charge in [0.05, 0.1) is 6.04 Å². The van der Waals surface area contributed by atoms with E-state index in [1.807, 2.05) is 0 Å². The van der Waals surface area contributed by atoms with Gasteiger partial charge >= 0.3 is 0 Å². The maximum Gasteiger partial charge on any atom is 0.292 e. The number of aliphatic hydroxyl groups is 1. The summed E-state index contributed by atoms with van der Waals surface area (Å²) < 4.78 is 11.2. The molecule has 0 radical (unpaired) electrons. The Morgan fingerprint density at radius 3 is 2.43 bits per heavy atom. The normalized spacial score (nSPS) is 17.9. The number of benzene rings is 2. The van der Waals surface area contributed by atoms with E-state index in [0.29, 0.717) is 42.4 Å². The Bertz CT molecular complexity index is 896. The largest absolute Gasteiger partial charge is 0.486 e. The number of ether oxygens (including phenoxy) is 2. The van der Waals surface area contributed by atoms with E-state index in [2.05, 4.69) is 10.2 Å². The van der Waals surface area contributed by atoms with Gasteiger partial charge in [-0.25, -0.2) is 0 Å². The molecule has 1 amide bonds. The lowest BCUT2D eigenvalue weighted by molar-refractivity contribution is -0.118. The SMILES string of the molecule is O=C(NC(CN1CCCC1)[C@H](O)c1ccc2c(c1)OCCO2)C(=O)c1ccccc1. The van der Waals surface area contributed by atoms with E-state index in [0.717, 1.165) is 25.9 Å². The van der Waals surface area contributed by atoms with Crippen LogP contribution in [0.25, 0.3) is 0 Å². The van der Waals surface area contributed by atoms with Crippen LogP contribution in [-0.4, -0.2) is 60.6 Å². The molecular formula is C23H26N2O5. The average molecular weight is 410 g/mol. The zero-order valence-electron chi connectivity index (χ0n) is 16.8. The molecule has 0 aliphatic carbocycles. The molecule has 2 aliphatic rings. The summed E-state index contributed by atoms with van der Waals surface area (Å²) in [5, 5.41) is 13.9. The zero-order chi connectivity index (χ0) is 20.9. The second-order valence-electron chi connectivity index (χ2n) is 7.63. The molecule has 0 saturated carbocycles. The second-order valence-corrected chi connectivity index (χ2v) is 7.63. The number of Topliss-reactive ketones (excluding diaryl/α,β-unsaturated/α-hetero) is 1. The summed E-state index contributed by atoms with van der Waals surface area (Å²) in [5.41, 5.74) is 0.930. The van der Waals surface area contributed by atoms with Gasteiger partial charge in [0.25, 0.3) is 5.91 Å². The number of carbonyl (C=O) groups is 2. The summed E-state index contributed by atoms with van der Waals surface area (Å²) in [5.74, 6) is -0.126. The molecule has 2 atom stereocenters. The van der Waals surface area contributed by atoms with Crippen LogP contribution in [0.3, 0.4) is 0 Å². The van der Waals surface area contributed by atoms with Gasteiger partial charge in [0.1, 0.15) is 19.3 Å². The molecule has 2 aliphatic heterocycles. The van der Waals surface area contributed by atoms with Crippen LogP contribution >= 0.6 is 0 Å². The van der Waals surface area contributed by atoms with Crippen molar-refractivity contribution in [1.82, 2.24) is 10.2 Å². The third-order valence-corrected chi connectivity index (χ3v) is 5.50. The predicted octanol–water partition coefficient (Wildman–Crippen LogP) is 1.95. The molecule has 1 unspecified atom stereocenters. The predicted molar refractivity (Wildman–Crippen MR) is 111 cm³/mol. The lowest BCUT2D eigenvalue weighted by Crippen LogP contribution is -2.48. The van der Waals surface area contributed by atoms with E-state index in [4.69, 9.17) is 9.47 Å².